The van der Waals surface area contributed by atoms with Crippen LogP contribution in [0, 0.1) is 5.92 Å². The lowest BCUT2D eigenvalue weighted by Gasteiger charge is -2.40. The molecule has 0 aromatic carbocycles. The molecule has 0 aromatic heterocycles. The van der Waals surface area contributed by atoms with Crippen molar-refractivity contribution in [1.29, 1.82) is 0 Å². The Balaban J connectivity index is 2.40. The molecule has 20 heavy (non-hydrogen) atoms. The molecule has 2 unspecified atom stereocenters. The largest absolute Gasteiger partial charge is 0.394 e. The summed E-state index contributed by atoms with van der Waals surface area (Å²) in [7, 11) is 4.33. The fraction of sp³-hybridized carbons (Fsp3) is 1.00. The molecular weight excluding hydrogens is 250 g/mol. The zero-order valence-corrected chi connectivity index (χ0v) is 14.2. The number of aliphatic hydroxyl groups excluding tert-OH is 1. The molecule has 0 aliphatic carbocycles. The minimum absolute atomic E-state index is 0.144. The smallest absolute Gasteiger partial charge is 0.0611 e. The minimum atomic E-state index is -0.144. The van der Waals surface area contributed by atoms with E-state index in [1.54, 1.807) is 0 Å². The quantitative estimate of drug-likeness (QED) is 0.707. The third-order valence-corrected chi connectivity index (χ3v) is 4.59. The van der Waals surface area contributed by atoms with Crippen LogP contribution in [0.3, 0.4) is 0 Å². The van der Waals surface area contributed by atoms with Gasteiger partial charge in [0.2, 0.25) is 0 Å². The zero-order chi connectivity index (χ0) is 15.2. The van der Waals surface area contributed by atoms with Gasteiger partial charge in [-0.15, -0.1) is 0 Å². The van der Waals surface area contributed by atoms with Gasteiger partial charge in [-0.25, -0.2) is 0 Å². The first kappa shape index (κ1) is 17.9. The molecule has 0 radical (unpaired) electrons. The van der Waals surface area contributed by atoms with E-state index in [-0.39, 0.29) is 12.1 Å². The summed E-state index contributed by atoms with van der Waals surface area (Å²) in [6.45, 7) is 11.3. The summed E-state index contributed by atoms with van der Waals surface area (Å²) in [4.78, 5) is 4.90. The first-order valence-electron chi connectivity index (χ1n) is 8.15. The molecule has 1 heterocycles. The van der Waals surface area contributed by atoms with E-state index in [2.05, 4.69) is 50.0 Å². The predicted octanol–water partition coefficient (Wildman–Crippen LogP) is 1.40. The SMILES string of the molecule is CCNC(C)(CO)CC(C)N1CCC(CN(C)C)CC1. The van der Waals surface area contributed by atoms with Gasteiger partial charge in [0, 0.05) is 18.1 Å². The van der Waals surface area contributed by atoms with Gasteiger partial charge in [0.1, 0.15) is 0 Å². The second-order valence-corrected chi connectivity index (χ2v) is 7.04. The van der Waals surface area contributed by atoms with E-state index >= 15 is 0 Å². The number of likely N-dealkylation sites (tertiary alicyclic amines) is 1. The van der Waals surface area contributed by atoms with Crippen molar-refractivity contribution in [2.24, 2.45) is 5.92 Å². The van der Waals surface area contributed by atoms with E-state index in [0.29, 0.717) is 6.04 Å². The maximum Gasteiger partial charge on any atom is 0.0611 e. The van der Waals surface area contributed by atoms with E-state index in [1.807, 2.05) is 0 Å². The Morgan fingerprint density at radius 1 is 1.35 bits per heavy atom. The van der Waals surface area contributed by atoms with Crippen molar-refractivity contribution in [2.45, 2.75) is 51.6 Å². The number of hydrogen-bond donors (Lipinski definition) is 2. The number of rotatable bonds is 8. The van der Waals surface area contributed by atoms with Gasteiger partial charge in [-0.05, 0) is 72.8 Å². The Kier molecular flexibility index (Phi) is 7.45. The molecule has 0 aromatic rings. The second kappa shape index (κ2) is 8.32. The van der Waals surface area contributed by atoms with Crippen molar-refractivity contribution in [3.63, 3.8) is 0 Å². The third-order valence-electron chi connectivity index (χ3n) is 4.59. The fourth-order valence-electron chi connectivity index (χ4n) is 3.49. The van der Waals surface area contributed by atoms with Gasteiger partial charge < -0.3 is 20.2 Å². The number of likely N-dealkylation sites (N-methyl/N-ethyl adjacent to an activating group) is 1. The Morgan fingerprint density at radius 3 is 2.40 bits per heavy atom. The summed E-state index contributed by atoms with van der Waals surface area (Å²) >= 11 is 0. The molecule has 1 aliphatic heterocycles. The van der Waals surface area contributed by atoms with Crippen LogP contribution in [0.5, 0.6) is 0 Å². The Labute approximate surface area is 125 Å². The van der Waals surface area contributed by atoms with E-state index in [4.69, 9.17) is 0 Å². The number of nitrogens with zero attached hydrogens (tertiary/aromatic N) is 2. The van der Waals surface area contributed by atoms with Crippen LogP contribution < -0.4 is 5.32 Å². The third kappa shape index (κ3) is 5.68. The lowest BCUT2D eigenvalue weighted by atomic mass is 9.90. The lowest BCUT2D eigenvalue weighted by molar-refractivity contribution is 0.0856. The van der Waals surface area contributed by atoms with Crippen LogP contribution in [0.4, 0.5) is 0 Å². The Bertz CT molecular complexity index is 264. The summed E-state index contributed by atoms with van der Waals surface area (Å²) in [5.74, 6) is 0.853. The molecule has 120 valence electrons. The van der Waals surface area contributed by atoms with E-state index in [0.717, 1.165) is 18.9 Å². The highest BCUT2D eigenvalue weighted by Gasteiger charge is 2.29. The molecule has 0 spiro atoms. The van der Waals surface area contributed by atoms with E-state index in [9.17, 15) is 5.11 Å². The highest BCUT2D eigenvalue weighted by atomic mass is 16.3. The van der Waals surface area contributed by atoms with Crippen molar-refractivity contribution in [2.75, 3.05) is 46.9 Å². The topological polar surface area (TPSA) is 38.7 Å². The summed E-state index contributed by atoms with van der Waals surface area (Å²) in [5, 5.41) is 13.0. The first-order valence-corrected chi connectivity index (χ1v) is 8.15. The van der Waals surface area contributed by atoms with Crippen LogP contribution in [-0.4, -0.2) is 73.4 Å². The van der Waals surface area contributed by atoms with Gasteiger partial charge in [-0.2, -0.15) is 0 Å². The van der Waals surface area contributed by atoms with Gasteiger partial charge in [-0.1, -0.05) is 6.92 Å². The minimum Gasteiger partial charge on any atom is -0.394 e. The average Bonchev–Trinajstić information content (AvgIpc) is 2.39. The van der Waals surface area contributed by atoms with Crippen LogP contribution in [0.15, 0.2) is 0 Å². The maximum absolute atomic E-state index is 9.62. The van der Waals surface area contributed by atoms with Crippen molar-refractivity contribution in [3.8, 4) is 0 Å². The van der Waals surface area contributed by atoms with Gasteiger partial charge in [0.15, 0.2) is 0 Å². The number of aliphatic hydroxyl groups is 1. The normalized spacial score (nSPS) is 22.9. The van der Waals surface area contributed by atoms with E-state index in [1.165, 1.54) is 32.5 Å². The van der Waals surface area contributed by atoms with Crippen LogP contribution in [0.1, 0.15) is 40.0 Å². The molecule has 4 heteroatoms. The van der Waals surface area contributed by atoms with Gasteiger partial charge in [-0.3, -0.25) is 0 Å². The summed E-state index contributed by atoms with van der Waals surface area (Å²) in [6, 6.07) is 0.534. The molecule has 0 bridgehead atoms. The molecular formula is C16H35N3O. The molecule has 0 amide bonds. The molecule has 4 nitrogen and oxygen atoms in total. The highest BCUT2D eigenvalue weighted by Crippen LogP contribution is 2.23. The number of piperidine rings is 1. The molecule has 2 atom stereocenters. The zero-order valence-electron chi connectivity index (χ0n) is 14.2. The standard InChI is InChI=1S/C16H35N3O/c1-6-17-16(3,13-20)11-14(2)19-9-7-15(8-10-19)12-18(4)5/h14-15,17,20H,6-13H2,1-5H3. The lowest BCUT2D eigenvalue weighted by Crippen LogP contribution is -2.51. The van der Waals surface area contributed by atoms with Crippen LogP contribution in [0.25, 0.3) is 0 Å². The molecule has 1 rings (SSSR count). The van der Waals surface area contributed by atoms with Gasteiger partial charge >= 0.3 is 0 Å². The van der Waals surface area contributed by atoms with Crippen LogP contribution >= 0.6 is 0 Å². The monoisotopic (exact) mass is 285 g/mol. The van der Waals surface area contributed by atoms with E-state index < -0.39 is 0 Å². The highest BCUT2D eigenvalue weighted by molar-refractivity contribution is 4.88. The van der Waals surface area contributed by atoms with Crippen LogP contribution in [0.2, 0.25) is 0 Å². The summed E-state index contributed by atoms with van der Waals surface area (Å²) < 4.78 is 0. The van der Waals surface area contributed by atoms with Gasteiger partial charge in [0.05, 0.1) is 6.61 Å². The average molecular weight is 285 g/mol. The number of nitrogens with one attached hydrogen (secondary N) is 1. The van der Waals surface area contributed by atoms with Crippen LogP contribution in [-0.2, 0) is 0 Å². The molecule has 1 fully saturated rings. The van der Waals surface area contributed by atoms with Crippen molar-refractivity contribution >= 4 is 0 Å². The van der Waals surface area contributed by atoms with Crippen molar-refractivity contribution in [1.82, 2.24) is 15.1 Å². The molecule has 1 saturated heterocycles. The Morgan fingerprint density at radius 2 is 1.95 bits per heavy atom. The predicted molar refractivity (Wildman–Crippen MR) is 86.1 cm³/mol. The van der Waals surface area contributed by atoms with Crippen molar-refractivity contribution in [3.05, 3.63) is 0 Å². The second-order valence-electron chi connectivity index (χ2n) is 7.04. The maximum atomic E-state index is 9.62. The fourth-order valence-corrected chi connectivity index (χ4v) is 3.49. The van der Waals surface area contributed by atoms with Gasteiger partial charge in [0.25, 0.3) is 0 Å². The first-order chi connectivity index (χ1) is 9.40. The molecule has 1 aliphatic rings. The molecule has 0 saturated carbocycles. The Hall–Kier alpha value is -0.160. The summed E-state index contributed by atoms with van der Waals surface area (Å²) in [5.41, 5.74) is -0.144. The molecule has 2 N–H and O–H groups in total. The van der Waals surface area contributed by atoms with Crippen molar-refractivity contribution < 1.29 is 5.11 Å². The number of hydrogen-bond acceptors (Lipinski definition) is 4. The summed E-state index contributed by atoms with van der Waals surface area (Å²) in [6.07, 6.45) is 3.62.